The Morgan fingerprint density at radius 1 is 1.00 bits per heavy atom. The molecule has 6 nitrogen and oxygen atoms in total. The van der Waals surface area contributed by atoms with Crippen molar-refractivity contribution in [1.29, 1.82) is 0 Å². The predicted octanol–water partition coefficient (Wildman–Crippen LogP) is 1.94. The summed E-state index contributed by atoms with van der Waals surface area (Å²) in [6, 6.07) is 6.88. The maximum atomic E-state index is 12.6. The van der Waals surface area contributed by atoms with Gasteiger partial charge in [-0.2, -0.15) is 0 Å². The number of carbonyl (C=O) groups is 3. The summed E-state index contributed by atoms with van der Waals surface area (Å²) in [7, 11) is 0. The molecule has 0 saturated carbocycles. The average Bonchev–Trinajstić information content (AvgIpc) is 2.49. The van der Waals surface area contributed by atoms with Crippen molar-refractivity contribution in [2.24, 2.45) is 0 Å². The second-order valence-corrected chi connectivity index (χ2v) is 5.18. The zero-order chi connectivity index (χ0) is 16.7. The number of carbonyl (C=O) groups excluding carboxylic acids is 3. The smallest absolute Gasteiger partial charge is 0.302 e. The molecule has 2 aromatic carbocycles. The largest absolute Gasteiger partial charge is 0.507 e. The molecule has 2 aromatic rings. The second-order valence-electron chi connectivity index (χ2n) is 5.18. The molecule has 23 heavy (non-hydrogen) atoms. The maximum Gasteiger partial charge on any atom is 0.302 e. The van der Waals surface area contributed by atoms with Crippen LogP contribution in [0.4, 0.5) is 0 Å². The summed E-state index contributed by atoms with van der Waals surface area (Å²) in [6.07, 6.45) is 0. The van der Waals surface area contributed by atoms with Crippen LogP contribution in [0.1, 0.15) is 44.3 Å². The number of phenolic OH excluding ortho intramolecular Hbond substituents is 2. The Morgan fingerprint density at radius 3 is 2.39 bits per heavy atom. The van der Waals surface area contributed by atoms with E-state index < -0.39 is 23.3 Å². The Bertz CT molecular complexity index is 866. The lowest BCUT2D eigenvalue weighted by Crippen LogP contribution is -2.21. The maximum absolute atomic E-state index is 12.6. The fourth-order valence-corrected chi connectivity index (χ4v) is 2.61. The summed E-state index contributed by atoms with van der Waals surface area (Å²) in [5.74, 6) is -2.30. The SMILES string of the molecule is CC(=O)OCc1cc(O)c2c(c1)C(=O)c1cccc(O)c1C2=O. The van der Waals surface area contributed by atoms with E-state index in [1.807, 2.05) is 0 Å². The quantitative estimate of drug-likeness (QED) is 0.701. The molecule has 0 saturated heterocycles. The summed E-state index contributed by atoms with van der Waals surface area (Å²) in [6.45, 7) is 1.12. The monoisotopic (exact) mass is 312 g/mol. The van der Waals surface area contributed by atoms with E-state index in [1.54, 1.807) is 0 Å². The number of fused-ring (bicyclic) bond motifs is 2. The van der Waals surface area contributed by atoms with Crippen molar-refractivity contribution in [2.45, 2.75) is 13.5 Å². The van der Waals surface area contributed by atoms with Crippen LogP contribution in [0.2, 0.25) is 0 Å². The number of ether oxygens (including phenoxy) is 1. The highest BCUT2D eigenvalue weighted by Gasteiger charge is 2.34. The molecule has 0 fully saturated rings. The fourth-order valence-electron chi connectivity index (χ4n) is 2.61. The molecule has 0 aliphatic heterocycles. The van der Waals surface area contributed by atoms with Gasteiger partial charge in [-0.3, -0.25) is 14.4 Å². The first kappa shape index (κ1) is 14.8. The van der Waals surface area contributed by atoms with E-state index in [1.165, 1.54) is 37.3 Å². The fraction of sp³-hybridized carbons (Fsp3) is 0.118. The van der Waals surface area contributed by atoms with Gasteiger partial charge in [0.05, 0.1) is 11.1 Å². The molecule has 0 unspecified atom stereocenters. The highest BCUT2D eigenvalue weighted by molar-refractivity contribution is 6.30. The van der Waals surface area contributed by atoms with Crippen LogP contribution >= 0.6 is 0 Å². The minimum atomic E-state index is -0.621. The number of aromatic hydroxyl groups is 2. The third-order valence-electron chi connectivity index (χ3n) is 3.61. The molecular formula is C17H12O6. The standard InChI is InChI=1S/C17H12O6/c1-8(18)23-7-9-5-11-15(13(20)6-9)17(22)14-10(16(11)21)3-2-4-12(14)19/h2-6,19-20H,7H2,1H3. The van der Waals surface area contributed by atoms with Crippen molar-refractivity contribution < 1.29 is 29.3 Å². The van der Waals surface area contributed by atoms with Gasteiger partial charge in [-0.1, -0.05) is 12.1 Å². The third-order valence-corrected chi connectivity index (χ3v) is 3.61. The Labute approximate surface area is 130 Å². The van der Waals surface area contributed by atoms with E-state index >= 15 is 0 Å². The highest BCUT2D eigenvalue weighted by Crippen LogP contribution is 2.37. The lowest BCUT2D eigenvalue weighted by atomic mass is 9.82. The molecule has 0 atom stereocenters. The van der Waals surface area contributed by atoms with Crippen LogP contribution in [0.15, 0.2) is 30.3 Å². The van der Waals surface area contributed by atoms with Crippen LogP contribution in [0, 0.1) is 0 Å². The molecule has 0 radical (unpaired) electrons. The molecule has 0 spiro atoms. The van der Waals surface area contributed by atoms with Gasteiger partial charge in [0.2, 0.25) is 5.78 Å². The van der Waals surface area contributed by atoms with Gasteiger partial charge in [0.15, 0.2) is 5.78 Å². The van der Waals surface area contributed by atoms with E-state index in [-0.39, 0.29) is 34.6 Å². The van der Waals surface area contributed by atoms with Gasteiger partial charge in [0, 0.05) is 18.1 Å². The predicted molar refractivity (Wildman–Crippen MR) is 78.5 cm³/mol. The molecule has 1 aliphatic rings. The zero-order valence-corrected chi connectivity index (χ0v) is 12.1. The summed E-state index contributed by atoms with van der Waals surface area (Å²) >= 11 is 0. The van der Waals surface area contributed by atoms with Crippen molar-refractivity contribution >= 4 is 17.5 Å². The Morgan fingerprint density at radius 2 is 1.70 bits per heavy atom. The van der Waals surface area contributed by atoms with Crippen LogP contribution in [0.3, 0.4) is 0 Å². The van der Waals surface area contributed by atoms with Crippen LogP contribution in [-0.2, 0) is 16.1 Å². The summed E-state index contributed by atoms with van der Waals surface area (Å²) in [5, 5.41) is 20.0. The van der Waals surface area contributed by atoms with Crippen LogP contribution in [-0.4, -0.2) is 27.7 Å². The third kappa shape index (κ3) is 2.34. The van der Waals surface area contributed by atoms with E-state index in [4.69, 9.17) is 4.74 Å². The summed E-state index contributed by atoms with van der Waals surface area (Å²) in [4.78, 5) is 36.0. The molecule has 0 amide bonds. The first-order valence-electron chi connectivity index (χ1n) is 6.80. The Hall–Kier alpha value is -3.15. The zero-order valence-electron chi connectivity index (χ0n) is 12.1. The van der Waals surface area contributed by atoms with Gasteiger partial charge < -0.3 is 14.9 Å². The lowest BCUT2D eigenvalue weighted by molar-refractivity contribution is -0.142. The van der Waals surface area contributed by atoms with Crippen molar-refractivity contribution in [1.82, 2.24) is 0 Å². The average molecular weight is 312 g/mol. The molecular weight excluding hydrogens is 300 g/mol. The molecule has 1 aliphatic carbocycles. The number of benzene rings is 2. The normalized spacial score (nSPS) is 12.6. The molecule has 2 N–H and O–H groups in total. The number of ketones is 2. The number of rotatable bonds is 2. The lowest BCUT2D eigenvalue weighted by Gasteiger charge is -2.20. The van der Waals surface area contributed by atoms with E-state index in [0.717, 1.165) is 0 Å². The number of phenols is 2. The van der Waals surface area contributed by atoms with E-state index in [9.17, 15) is 24.6 Å². The van der Waals surface area contributed by atoms with Gasteiger partial charge in [-0.25, -0.2) is 0 Å². The van der Waals surface area contributed by atoms with Crippen LogP contribution in [0.25, 0.3) is 0 Å². The topological polar surface area (TPSA) is 101 Å². The number of esters is 1. The van der Waals surface area contributed by atoms with Crippen molar-refractivity contribution in [3.63, 3.8) is 0 Å². The number of hydrogen-bond donors (Lipinski definition) is 2. The van der Waals surface area contributed by atoms with Gasteiger partial charge in [0.1, 0.15) is 18.1 Å². The van der Waals surface area contributed by atoms with Crippen molar-refractivity contribution in [3.05, 3.63) is 58.1 Å². The Kier molecular flexibility index (Phi) is 3.37. The van der Waals surface area contributed by atoms with Gasteiger partial charge in [0.25, 0.3) is 0 Å². The molecule has 3 rings (SSSR count). The number of hydrogen-bond acceptors (Lipinski definition) is 6. The van der Waals surface area contributed by atoms with Crippen LogP contribution < -0.4 is 0 Å². The highest BCUT2D eigenvalue weighted by atomic mass is 16.5. The minimum Gasteiger partial charge on any atom is -0.507 e. The van der Waals surface area contributed by atoms with Crippen molar-refractivity contribution in [3.8, 4) is 11.5 Å². The van der Waals surface area contributed by atoms with E-state index in [2.05, 4.69) is 0 Å². The Balaban J connectivity index is 2.15. The minimum absolute atomic E-state index is 0.0234. The van der Waals surface area contributed by atoms with Gasteiger partial charge in [-0.05, 0) is 23.8 Å². The van der Waals surface area contributed by atoms with Gasteiger partial charge in [-0.15, -0.1) is 0 Å². The first-order chi connectivity index (χ1) is 10.9. The molecule has 0 aromatic heterocycles. The molecule has 6 heteroatoms. The van der Waals surface area contributed by atoms with Crippen LogP contribution in [0.5, 0.6) is 11.5 Å². The summed E-state index contributed by atoms with van der Waals surface area (Å²) < 4.78 is 4.84. The molecule has 0 bridgehead atoms. The second kappa shape index (κ2) is 5.24. The van der Waals surface area contributed by atoms with E-state index in [0.29, 0.717) is 5.56 Å². The summed E-state index contributed by atoms with van der Waals surface area (Å²) in [5.41, 5.74) is 0.214. The molecule has 116 valence electrons. The van der Waals surface area contributed by atoms with Gasteiger partial charge >= 0.3 is 5.97 Å². The first-order valence-corrected chi connectivity index (χ1v) is 6.80. The van der Waals surface area contributed by atoms with Crippen molar-refractivity contribution in [2.75, 3.05) is 0 Å². The molecule has 0 heterocycles.